The molecule has 0 saturated carbocycles. The largest absolute Gasteiger partial charge is 0.494 e. The number of nitrogens with zero attached hydrogens (tertiary/aromatic N) is 1. The average Bonchev–Trinajstić information content (AvgIpc) is 2.29. The standard InChI is InChI=1S/C10H10FNO5S/c1-17-8-5-9(18-3-2-10(13)14)7(12(15)16)4-6(8)11/h4-5H,2-3H2,1H3,(H,13,14). The van der Waals surface area contributed by atoms with Crippen LogP contribution in [0.5, 0.6) is 5.75 Å². The highest BCUT2D eigenvalue weighted by Crippen LogP contribution is 2.34. The molecule has 98 valence electrons. The molecule has 0 unspecified atom stereocenters. The molecule has 0 bridgehead atoms. The maximum Gasteiger partial charge on any atom is 0.304 e. The molecular weight excluding hydrogens is 265 g/mol. The third-order valence-electron chi connectivity index (χ3n) is 2.00. The second-order valence-electron chi connectivity index (χ2n) is 3.20. The fraction of sp³-hybridized carbons (Fsp3) is 0.300. The summed E-state index contributed by atoms with van der Waals surface area (Å²) in [7, 11) is 1.25. The van der Waals surface area contributed by atoms with Crippen molar-refractivity contribution in [2.45, 2.75) is 11.3 Å². The van der Waals surface area contributed by atoms with Crippen LogP contribution in [0.2, 0.25) is 0 Å². The van der Waals surface area contributed by atoms with Gasteiger partial charge in [0.1, 0.15) is 0 Å². The van der Waals surface area contributed by atoms with Gasteiger partial charge in [-0.3, -0.25) is 14.9 Å². The number of benzene rings is 1. The van der Waals surface area contributed by atoms with Crippen LogP contribution < -0.4 is 4.74 Å². The van der Waals surface area contributed by atoms with Gasteiger partial charge in [-0.25, -0.2) is 4.39 Å². The molecular formula is C10H10FNO5S. The first-order valence-corrected chi connectivity index (χ1v) is 5.80. The highest BCUT2D eigenvalue weighted by molar-refractivity contribution is 7.99. The Hall–Kier alpha value is -1.83. The van der Waals surface area contributed by atoms with Crippen LogP contribution in [0.25, 0.3) is 0 Å². The lowest BCUT2D eigenvalue weighted by atomic mass is 10.3. The molecule has 1 N–H and O–H groups in total. The Kier molecular flexibility index (Phi) is 4.90. The molecule has 0 atom stereocenters. The monoisotopic (exact) mass is 275 g/mol. The minimum Gasteiger partial charge on any atom is -0.494 e. The molecule has 6 nitrogen and oxygen atoms in total. The number of ether oxygens (including phenoxy) is 1. The van der Waals surface area contributed by atoms with E-state index >= 15 is 0 Å². The highest BCUT2D eigenvalue weighted by atomic mass is 32.2. The van der Waals surface area contributed by atoms with E-state index in [0.29, 0.717) is 0 Å². The summed E-state index contributed by atoms with van der Waals surface area (Å²) in [6.45, 7) is 0. The third kappa shape index (κ3) is 3.59. The third-order valence-corrected chi connectivity index (χ3v) is 3.05. The van der Waals surface area contributed by atoms with E-state index in [1.54, 1.807) is 0 Å². The van der Waals surface area contributed by atoms with Crippen molar-refractivity contribution in [1.29, 1.82) is 0 Å². The van der Waals surface area contributed by atoms with E-state index in [1.807, 2.05) is 0 Å². The Morgan fingerprint density at radius 3 is 2.78 bits per heavy atom. The zero-order valence-electron chi connectivity index (χ0n) is 9.38. The summed E-state index contributed by atoms with van der Waals surface area (Å²) in [6.07, 6.45) is -0.137. The van der Waals surface area contributed by atoms with Crippen molar-refractivity contribution in [2.24, 2.45) is 0 Å². The summed E-state index contributed by atoms with van der Waals surface area (Å²) in [5.41, 5.74) is -0.399. The maximum atomic E-state index is 13.3. The van der Waals surface area contributed by atoms with Crippen molar-refractivity contribution in [2.75, 3.05) is 12.9 Å². The SMILES string of the molecule is COc1cc(SCCC(=O)O)c([N+](=O)[O-])cc1F. The number of carboxylic acid groups (broad SMARTS) is 1. The number of nitro benzene ring substituents is 1. The van der Waals surface area contributed by atoms with Crippen molar-refractivity contribution >= 4 is 23.4 Å². The quantitative estimate of drug-likeness (QED) is 0.486. The van der Waals surface area contributed by atoms with Crippen molar-refractivity contribution in [3.8, 4) is 5.75 Å². The Bertz CT molecular complexity index is 480. The van der Waals surface area contributed by atoms with E-state index in [1.165, 1.54) is 13.2 Å². The molecule has 0 heterocycles. The normalized spacial score (nSPS) is 10.1. The zero-order valence-corrected chi connectivity index (χ0v) is 10.2. The van der Waals surface area contributed by atoms with Gasteiger partial charge >= 0.3 is 5.97 Å². The molecule has 1 rings (SSSR count). The summed E-state index contributed by atoms with van der Waals surface area (Å²) in [4.78, 5) is 20.6. The number of hydrogen-bond donors (Lipinski definition) is 1. The Labute approximate surface area is 106 Å². The molecule has 0 spiro atoms. The lowest BCUT2D eigenvalue weighted by Crippen LogP contribution is -1.98. The van der Waals surface area contributed by atoms with E-state index in [9.17, 15) is 19.3 Å². The van der Waals surface area contributed by atoms with Crippen LogP contribution in [0.15, 0.2) is 17.0 Å². The van der Waals surface area contributed by atoms with Crippen LogP contribution in [0.1, 0.15) is 6.42 Å². The lowest BCUT2D eigenvalue weighted by Gasteiger charge is -2.06. The maximum absolute atomic E-state index is 13.3. The minimum absolute atomic E-state index is 0.113. The van der Waals surface area contributed by atoms with E-state index in [2.05, 4.69) is 0 Å². The fourth-order valence-corrected chi connectivity index (χ4v) is 2.16. The predicted octanol–water partition coefficient (Wildman–Crippen LogP) is 2.31. The molecule has 1 aromatic carbocycles. The zero-order chi connectivity index (χ0) is 13.7. The molecule has 0 aliphatic carbocycles. The van der Waals surface area contributed by atoms with E-state index < -0.39 is 22.4 Å². The van der Waals surface area contributed by atoms with Crippen LogP contribution in [0.4, 0.5) is 10.1 Å². The Morgan fingerprint density at radius 2 is 2.28 bits per heavy atom. The van der Waals surface area contributed by atoms with Gasteiger partial charge < -0.3 is 9.84 Å². The number of carbonyl (C=O) groups is 1. The minimum atomic E-state index is -1.00. The lowest BCUT2D eigenvalue weighted by molar-refractivity contribution is -0.387. The average molecular weight is 275 g/mol. The highest BCUT2D eigenvalue weighted by Gasteiger charge is 2.19. The van der Waals surface area contributed by atoms with Crippen LogP contribution >= 0.6 is 11.8 Å². The number of nitro groups is 1. The van der Waals surface area contributed by atoms with Gasteiger partial charge in [0.25, 0.3) is 5.69 Å². The second kappa shape index (κ2) is 6.20. The van der Waals surface area contributed by atoms with Gasteiger partial charge in [-0.05, 0) is 0 Å². The molecule has 0 fully saturated rings. The molecule has 8 heteroatoms. The molecule has 0 aliphatic rings. The number of rotatable bonds is 6. The number of carboxylic acids is 1. The van der Waals surface area contributed by atoms with Crippen molar-refractivity contribution in [1.82, 2.24) is 0 Å². The van der Waals surface area contributed by atoms with E-state index in [-0.39, 0.29) is 22.8 Å². The van der Waals surface area contributed by atoms with Crippen molar-refractivity contribution in [3.63, 3.8) is 0 Å². The van der Waals surface area contributed by atoms with Crippen molar-refractivity contribution in [3.05, 3.63) is 28.1 Å². The van der Waals surface area contributed by atoms with Crippen LogP contribution in [0.3, 0.4) is 0 Å². The first kappa shape index (κ1) is 14.2. The molecule has 0 radical (unpaired) electrons. The van der Waals surface area contributed by atoms with Gasteiger partial charge in [-0.2, -0.15) is 0 Å². The predicted molar refractivity (Wildman–Crippen MR) is 62.6 cm³/mol. The van der Waals surface area contributed by atoms with Gasteiger partial charge in [0.05, 0.1) is 29.4 Å². The van der Waals surface area contributed by atoms with Crippen molar-refractivity contribution < 1.29 is 24.0 Å². The Morgan fingerprint density at radius 1 is 1.61 bits per heavy atom. The summed E-state index contributed by atoms with van der Waals surface area (Å²) in [6, 6.07) is 1.96. The number of aliphatic carboxylic acids is 1. The van der Waals surface area contributed by atoms with Gasteiger partial charge in [0.2, 0.25) is 0 Å². The van der Waals surface area contributed by atoms with E-state index in [0.717, 1.165) is 17.8 Å². The number of halogens is 1. The van der Waals surface area contributed by atoms with Crippen LogP contribution in [0, 0.1) is 15.9 Å². The molecule has 1 aromatic rings. The molecule has 0 aliphatic heterocycles. The molecule has 0 aromatic heterocycles. The van der Waals surface area contributed by atoms with E-state index in [4.69, 9.17) is 9.84 Å². The summed E-state index contributed by atoms with van der Waals surface area (Å²) in [5, 5.41) is 19.2. The summed E-state index contributed by atoms with van der Waals surface area (Å²) in [5.74, 6) is -1.78. The number of thioether (sulfide) groups is 1. The molecule has 18 heavy (non-hydrogen) atoms. The summed E-state index contributed by atoms with van der Waals surface area (Å²) < 4.78 is 18.0. The second-order valence-corrected chi connectivity index (χ2v) is 4.34. The smallest absolute Gasteiger partial charge is 0.304 e. The Balaban J connectivity index is 2.99. The fourth-order valence-electron chi connectivity index (χ4n) is 1.19. The first-order chi connectivity index (χ1) is 8.45. The van der Waals surface area contributed by atoms with Gasteiger partial charge in [0.15, 0.2) is 11.6 Å². The number of methoxy groups -OCH3 is 1. The van der Waals surface area contributed by atoms with Crippen LogP contribution in [-0.4, -0.2) is 28.9 Å². The van der Waals surface area contributed by atoms with Gasteiger partial charge in [-0.15, -0.1) is 11.8 Å². The first-order valence-electron chi connectivity index (χ1n) is 4.82. The molecule has 0 saturated heterocycles. The summed E-state index contributed by atoms with van der Waals surface area (Å²) >= 11 is 0.973. The molecule has 0 amide bonds. The van der Waals surface area contributed by atoms with Gasteiger partial charge in [-0.1, -0.05) is 0 Å². The number of hydrogen-bond acceptors (Lipinski definition) is 5. The topological polar surface area (TPSA) is 89.7 Å². The van der Waals surface area contributed by atoms with Gasteiger partial charge in [0, 0.05) is 11.8 Å². The van der Waals surface area contributed by atoms with Crippen LogP contribution in [-0.2, 0) is 4.79 Å².